The first-order chi connectivity index (χ1) is 11.1. The van der Waals surface area contributed by atoms with Crippen molar-refractivity contribution in [2.75, 3.05) is 13.1 Å². The van der Waals surface area contributed by atoms with Crippen LogP contribution >= 0.6 is 11.8 Å². The third kappa shape index (κ3) is 3.42. The highest BCUT2D eigenvalue weighted by Gasteiger charge is 2.25. The Balaban J connectivity index is 1.81. The number of hydrogen-bond donors (Lipinski definition) is 0. The number of nitrogens with zero attached hydrogens (tertiary/aromatic N) is 4. The normalized spacial score (nSPS) is 15.9. The van der Waals surface area contributed by atoms with Gasteiger partial charge in [0.25, 0.3) is 0 Å². The van der Waals surface area contributed by atoms with Gasteiger partial charge in [0, 0.05) is 13.1 Å². The van der Waals surface area contributed by atoms with Crippen LogP contribution < -0.4 is 0 Å². The van der Waals surface area contributed by atoms with Gasteiger partial charge in [-0.25, -0.2) is 0 Å². The Morgan fingerprint density at radius 2 is 2.00 bits per heavy atom. The third-order valence-electron chi connectivity index (χ3n) is 4.19. The Kier molecular flexibility index (Phi) is 4.71. The predicted octanol–water partition coefficient (Wildman–Crippen LogP) is 2.99. The van der Waals surface area contributed by atoms with Crippen molar-refractivity contribution in [1.29, 1.82) is 0 Å². The van der Waals surface area contributed by atoms with E-state index in [0.29, 0.717) is 0 Å². The van der Waals surface area contributed by atoms with Crippen LogP contribution in [0.25, 0.3) is 5.69 Å². The third-order valence-corrected chi connectivity index (χ3v) is 5.23. The molecule has 1 aromatic carbocycles. The van der Waals surface area contributed by atoms with E-state index in [2.05, 4.69) is 42.2 Å². The summed E-state index contributed by atoms with van der Waals surface area (Å²) in [4.78, 5) is 14.4. The maximum absolute atomic E-state index is 12.5. The first-order valence-electron chi connectivity index (χ1n) is 7.99. The second kappa shape index (κ2) is 6.74. The highest BCUT2D eigenvalue weighted by Crippen LogP contribution is 2.27. The lowest BCUT2D eigenvalue weighted by Gasteiger charge is -2.20. The lowest BCUT2D eigenvalue weighted by molar-refractivity contribution is -0.129. The monoisotopic (exact) mass is 330 g/mol. The summed E-state index contributed by atoms with van der Waals surface area (Å²) in [5.41, 5.74) is 3.42. The smallest absolute Gasteiger partial charge is 0.235 e. The van der Waals surface area contributed by atoms with Crippen molar-refractivity contribution in [3.05, 3.63) is 35.7 Å². The molecule has 1 aliphatic rings. The van der Waals surface area contributed by atoms with E-state index in [1.54, 1.807) is 6.33 Å². The minimum absolute atomic E-state index is 0.152. The Morgan fingerprint density at radius 1 is 1.26 bits per heavy atom. The van der Waals surface area contributed by atoms with E-state index >= 15 is 0 Å². The van der Waals surface area contributed by atoms with Crippen molar-refractivity contribution in [1.82, 2.24) is 19.7 Å². The number of aromatic nitrogens is 3. The van der Waals surface area contributed by atoms with Crippen molar-refractivity contribution < 1.29 is 4.79 Å². The molecule has 2 aromatic rings. The number of benzene rings is 1. The molecule has 1 amide bonds. The fourth-order valence-electron chi connectivity index (χ4n) is 2.85. The molecule has 1 atom stereocenters. The molecule has 0 radical (unpaired) electrons. The fourth-order valence-corrected chi connectivity index (χ4v) is 3.77. The van der Waals surface area contributed by atoms with Crippen molar-refractivity contribution in [3.8, 4) is 5.69 Å². The van der Waals surface area contributed by atoms with E-state index in [-0.39, 0.29) is 11.2 Å². The summed E-state index contributed by atoms with van der Waals surface area (Å²) >= 11 is 1.48. The van der Waals surface area contributed by atoms with Crippen molar-refractivity contribution >= 4 is 17.7 Å². The summed E-state index contributed by atoms with van der Waals surface area (Å²) < 4.78 is 1.97. The molecule has 0 spiro atoms. The standard InChI is InChI=1S/C17H22N4OS/c1-12-6-7-13(2)15(10-12)21-11-18-19-17(21)23-14(3)16(22)20-8-4-5-9-20/h6-7,10-11,14H,4-5,8-9H2,1-3H3. The van der Waals surface area contributed by atoms with Crippen LogP contribution in [0.5, 0.6) is 0 Å². The van der Waals surface area contributed by atoms with Crippen LogP contribution in [0.4, 0.5) is 0 Å². The van der Waals surface area contributed by atoms with E-state index < -0.39 is 0 Å². The van der Waals surface area contributed by atoms with Gasteiger partial charge in [0.15, 0.2) is 5.16 Å². The molecular formula is C17H22N4OS. The van der Waals surface area contributed by atoms with Crippen LogP contribution in [-0.2, 0) is 4.79 Å². The maximum Gasteiger partial charge on any atom is 0.235 e. The van der Waals surface area contributed by atoms with Crippen LogP contribution in [0, 0.1) is 13.8 Å². The zero-order valence-corrected chi connectivity index (χ0v) is 14.6. The van der Waals surface area contributed by atoms with Gasteiger partial charge >= 0.3 is 0 Å². The zero-order chi connectivity index (χ0) is 16.4. The van der Waals surface area contributed by atoms with E-state index in [9.17, 15) is 4.79 Å². The molecule has 0 saturated carbocycles. The van der Waals surface area contributed by atoms with Crippen molar-refractivity contribution in [2.45, 2.75) is 44.0 Å². The number of carbonyl (C=O) groups excluding carboxylic acids is 1. The lowest BCUT2D eigenvalue weighted by Crippen LogP contribution is -2.34. The Morgan fingerprint density at radius 3 is 2.74 bits per heavy atom. The molecule has 0 aliphatic carbocycles. The number of amides is 1. The largest absolute Gasteiger partial charge is 0.342 e. The van der Waals surface area contributed by atoms with E-state index in [0.717, 1.165) is 42.3 Å². The highest BCUT2D eigenvalue weighted by molar-refractivity contribution is 8.00. The number of thioether (sulfide) groups is 1. The second-order valence-corrected chi connectivity index (χ2v) is 7.37. The summed E-state index contributed by atoms with van der Waals surface area (Å²) in [5.74, 6) is 0.197. The molecule has 1 fully saturated rings. The number of carbonyl (C=O) groups is 1. The zero-order valence-electron chi connectivity index (χ0n) is 13.8. The van der Waals surface area contributed by atoms with Crippen LogP contribution in [0.15, 0.2) is 29.7 Å². The van der Waals surface area contributed by atoms with Crippen molar-refractivity contribution in [3.63, 3.8) is 0 Å². The molecule has 1 aliphatic heterocycles. The van der Waals surface area contributed by atoms with Crippen LogP contribution in [0.2, 0.25) is 0 Å². The predicted molar refractivity (Wildman–Crippen MR) is 92.0 cm³/mol. The number of hydrogen-bond acceptors (Lipinski definition) is 4. The Hall–Kier alpha value is -1.82. The topological polar surface area (TPSA) is 51.0 Å². The highest BCUT2D eigenvalue weighted by atomic mass is 32.2. The summed E-state index contributed by atoms with van der Waals surface area (Å²) in [6, 6.07) is 6.31. The molecule has 0 bridgehead atoms. The summed E-state index contributed by atoms with van der Waals surface area (Å²) in [7, 11) is 0. The van der Waals surface area contributed by atoms with E-state index in [1.165, 1.54) is 17.3 Å². The van der Waals surface area contributed by atoms with Gasteiger partial charge in [-0.1, -0.05) is 23.9 Å². The van der Waals surface area contributed by atoms with Gasteiger partial charge in [-0.2, -0.15) is 0 Å². The molecule has 5 nitrogen and oxygen atoms in total. The molecule has 2 heterocycles. The average Bonchev–Trinajstić information content (AvgIpc) is 3.20. The van der Waals surface area contributed by atoms with E-state index in [1.807, 2.05) is 16.4 Å². The van der Waals surface area contributed by atoms with Crippen LogP contribution in [0.1, 0.15) is 30.9 Å². The molecular weight excluding hydrogens is 308 g/mol. The molecule has 0 N–H and O–H groups in total. The Bertz CT molecular complexity index is 706. The van der Waals surface area contributed by atoms with Gasteiger partial charge < -0.3 is 4.90 Å². The fraction of sp³-hybridized carbons (Fsp3) is 0.471. The molecule has 1 aromatic heterocycles. The van der Waals surface area contributed by atoms with Gasteiger partial charge in [-0.15, -0.1) is 10.2 Å². The number of likely N-dealkylation sites (tertiary alicyclic amines) is 1. The average molecular weight is 330 g/mol. The second-order valence-electron chi connectivity index (χ2n) is 6.07. The molecule has 23 heavy (non-hydrogen) atoms. The minimum Gasteiger partial charge on any atom is -0.342 e. The number of rotatable bonds is 4. The molecule has 3 rings (SSSR count). The molecule has 6 heteroatoms. The van der Waals surface area contributed by atoms with Gasteiger partial charge in [0.05, 0.1) is 10.9 Å². The quantitative estimate of drug-likeness (QED) is 0.809. The van der Waals surface area contributed by atoms with Gasteiger partial charge in [-0.3, -0.25) is 9.36 Å². The van der Waals surface area contributed by atoms with Gasteiger partial charge in [0.1, 0.15) is 6.33 Å². The molecule has 1 saturated heterocycles. The van der Waals surface area contributed by atoms with Crippen LogP contribution in [0.3, 0.4) is 0 Å². The van der Waals surface area contributed by atoms with Gasteiger partial charge in [0.2, 0.25) is 5.91 Å². The lowest BCUT2D eigenvalue weighted by atomic mass is 10.1. The molecule has 122 valence electrons. The SMILES string of the molecule is Cc1ccc(C)c(-n2cnnc2SC(C)C(=O)N2CCCC2)c1. The molecule has 1 unspecified atom stereocenters. The first-order valence-corrected chi connectivity index (χ1v) is 8.87. The van der Waals surface area contributed by atoms with Crippen molar-refractivity contribution in [2.24, 2.45) is 0 Å². The minimum atomic E-state index is -0.152. The Labute approximate surface area is 141 Å². The number of aryl methyl sites for hydroxylation is 2. The first kappa shape index (κ1) is 16.1. The maximum atomic E-state index is 12.5. The summed E-state index contributed by atoms with van der Waals surface area (Å²) in [5, 5.41) is 8.87. The summed E-state index contributed by atoms with van der Waals surface area (Å²) in [6.07, 6.45) is 3.95. The van der Waals surface area contributed by atoms with Crippen LogP contribution in [-0.4, -0.2) is 43.9 Å². The van der Waals surface area contributed by atoms with E-state index in [4.69, 9.17) is 0 Å². The summed E-state index contributed by atoms with van der Waals surface area (Å²) in [6.45, 7) is 7.86. The van der Waals surface area contributed by atoms with Gasteiger partial charge in [-0.05, 0) is 50.8 Å².